The molecule has 96 valence electrons. The third-order valence-electron chi connectivity index (χ3n) is 2.52. The first-order valence-corrected chi connectivity index (χ1v) is 5.12. The minimum Gasteiger partial charge on any atom is -0.374 e. The van der Waals surface area contributed by atoms with Crippen LogP contribution in [0.4, 0.5) is 5.69 Å². The maximum Gasteiger partial charge on any atom is 0.341 e. The Morgan fingerprint density at radius 2 is 2.28 bits per heavy atom. The summed E-state index contributed by atoms with van der Waals surface area (Å²) in [5, 5.41) is 12.7. The zero-order valence-electron chi connectivity index (χ0n) is 9.41. The molecule has 2 atom stereocenters. The number of aliphatic hydroxyl groups is 1. The van der Waals surface area contributed by atoms with E-state index in [9.17, 15) is 19.5 Å². The van der Waals surface area contributed by atoms with Gasteiger partial charge in [0.25, 0.3) is 5.56 Å². The molecule has 8 nitrogen and oxygen atoms in total. The van der Waals surface area contributed by atoms with Gasteiger partial charge < -0.3 is 20.2 Å². The first-order valence-electron chi connectivity index (χ1n) is 5.12. The van der Waals surface area contributed by atoms with Crippen LogP contribution in [0.1, 0.15) is 0 Å². The van der Waals surface area contributed by atoms with E-state index in [1.807, 2.05) is 0 Å². The van der Waals surface area contributed by atoms with Gasteiger partial charge in [-0.2, -0.15) is 0 Å². The van der Waals surface area contributed by atoms with Crippen LogP contribution >= 0.6 is 0 Å². The zero-order valence-corrected chi connectivity index (χ0v) is 9.41. The second-order valence-corrected chi connectivity index (χ2v) is 3.75. The molecular weight excluding hydrogens is 242 g/mol. The van der Waals surface area contributed by atoms with Crippen LogP contribution in [-0.4, -0.2) is 40.3 Å². The molecular formula is C10H11N3O5. The number of aromatic nitrogens is 1. The highest BCUT2D eigenvalue weighted by molar-refractivity contribution is 6.05. The number of pyridine rings is 1. The molecule has 18 heavy (non-hydrogen) atoms. The molecule has 0 aromatic carbocycles. The van der Waals surface area contributed by atoms with Crippen LogP contribution in [-0.2, 0) is 14.4 Å². The highest BCUT2D eigenvalue weighted by atomic mass is 16.7. The van der Waals surface area contributed by atoms with E-state index in [-0.39, 0.29) is 5.69 Å². The standard InChI is InChI=1S/C10H11N3O5/c1-13-9(16)6(10(17)18-13)8(15)12-5-3-2-4-11-7(5)14/h2-4,6,9,16H,1H3,(H,11,14)(H,12,15). The van der Waals surface area contributed by atoms with Crippen LogP contribution < -0.4 is 10.9 Å². The van der Waals surface area contributed by atoms with Crippen LogP contribution in [0.15, 0.2) is 23.1 Å². The summed E-state index contributed by atoms with van der Waals surface area (Å²) in [6, 6.07) is 2.90. The number of anilines is 1. The summed E-state index contributed by atoms with van der Waals surface area (Å²) in [4.78, 5) is 41.4. The van der Waals surface area contributed by atoms with Crippen molar-refractivity contribution in [1.82, 2.24) is 10.0 Å². The molecule has 0 spiro atoms. The lowest BCUT2D eigenvalue weighted by atomic mass is 10.1. The lowest BCUT2D eigenvalue weighted by molar-refractivity contribution is -0.183. The minimum atomic E-state index is -1.38. The monoisotopic (exact) mass is 253 g/mol. The van der Waals surface area contributed by atoms with Crippen LogP contribution in [0, 0.1) is 5.92 Å². The molecule has 1 aliphatic rings. The van der Waals surface area contributed by atoms with Gasteiger partial charge in [0.15, 0.2) is 12.1 Å². The van der Waals surface area contributed by atoms with Gasteiger partial charge in [0.2, 0.25) is 5.91 Å². The molecule has 1 saturated heterocycles. The number of nitrogens with one attached hydrogen (secondary N) is 2. The SMILES string of the molecule is CN1OC(=O)C(C(=O)Nc2ccc[nH]c2=O)C1O. The Morgan fingerprint density at radius 1 is 1.56 bits per heavy atom. The van der Waals surface area contributed by atoms with Gasteiger partial charge in [-0.1, -0.05) is 0 Å². The number of aromatic amines is 1. The smallest absolute Gasteiger partial charge is 0.341 e. The van der Waals surface area contributed by atoms with Crippen molar-refractivity contribution in [2.45, 2.75) is 6.23 Å². The number of nitrogens with zero attached hydrogens (tertiary/aromatic N) is 1. The third kappa shape index (κ3) is 2.11. The van der Waals surface area contributed by atoms with Gasteiger partial charge in [-0.05, 0) is 12.1 Å². The third-order valence-corrected chi connectivity index (χ3v) is 2.52. The summed E-state index contributed by atoms with van der Waals surface area (Å²) in [7, 11) is 1.32. The highest BCUT2D eigenvalue weighted by Gasteiger charge is 2.45. The molecule has 1 aromatic rings. The average molecular weight is 253 g/mol. The van der Waals surface area contributed by atoms with E-state index in [0.717, 1.165) is 5.06 Å². The summed E-state index contributed by atoms with van der Waals surface area (Å²) >= 11 is 0. The number of hydroxylamine groups is 2. The summed E-state index contributed by atoms with van der Waals surface area (Å²) in [6.45, 7) is 0. The normalized spacial score (nSPS) is 23.8. The van der Waals surface area contributed by atoms with Crippen molar-refractivity contribution in [3.8, 4) is 0 Å². The van der Waals surface area contributed by atoms with Crippen molar-refractivity contribution < 1.29 is 19.5 Å². The van der Waals surface area contributed by atoms with Gasteiger partial charge in [0, 0.05) is 13.2 Å². The second kappa shape index (κ2) is 4.59. The predicted octanol–water partition coefficient (Wildman–Crippen LogP) is -1.35. The van der Waals surface area contributed by atoms with E-state index in [2.05, 4.69) is 15.1 Å². The van der Waals surface area contributed by atoms with E-state index >= 15 is 0 Å². The Bertz CT molecular complexity index is 540. The zero-order chi connectivity index (χ0) is 13.3. The molecule has 2 heterocycles. The van der Waals surface area contributed by atoms with E-state index < -0.39 is 29.6 Å². The van der Waals surface area contributed by atoms with Gasteiger partial charge >= 0.3 is 5.97 Å². The van der Waals surface area contributed by atoms with Gasteiger partial charge in [0.05, 0.1) is 0 Å². The first kappa shape index (κ1) is 12.3. The molecule has 2 rings (SSSR count). The molecule has 8 heteroatoms. The van der Waals surface area contributed by atoms with Gasteiger partial charge in [0.1, 0.15) is 5.69 Å². The molecule has 0 radical (unpaired) electrons. The molecule has 3 N–H and O–H groups in total. The van der Waals surface area contributed by atoms with Gasteiger partial charge in [-0.3, -0.25) is 9.59 Å². The molecule has 0 saturated carbocycles. The van der Waals surface area contributed by atoms with Crippen molar-refractivity contribution in [2.75, 3.05) is 12.4 Å². The molecule has 0 bridgehead atoms. The molecule has 2 unspecified atom stereocenters. The number of rotatable bonds is 2. The van der Waals surface area contributed by atoms with Crippen molar-refractivity contribution in [1.29, 1.82) is 0 Å². The number of aliphatic hydroxyl groups excluding tert-OH is 1. The number of hydrogen-bond donors (Lipinski definition) is 3. The number of H-pyrrole nitrogens is 1. The van der Waals surface area contributed by atoms with Crippen LogP contribution in [0.5, 0.6) is 0 Å². The number of amides is 1. The number of carbonyl (C=O) groups excluding carboxylic acids is 2. The largest absolute Gasteiger partial charge is 0.374 e. The lowest BCUT2D eigenvalue weighted by Crippen LogP contribution is -2.37. The number of hydrogen-bond acceptors (Lipinski definition) is 6. The summed E-state index contributed by atoms with van der Waals surface area (Å²) < 4.78 is 0. The molecule has 1 aliphatic heterocycles. The molecule has 1 aromatic heterocycles. The van der Waals surface area contributed by atoms with E-state index in [1.165, 1.54) is 25.4 Å². The van der Waals surface area contributed by atoms with E-state index in [1.54, 1.807) is 0 Å². The fourth-order valence-electron chi connectivity index (χ4n) is 1.56. The maximum atomic E-state index is 11.8. The summed E-state index contributed by atoms with van der Waals surface area (Å²) in [5.74, 6) is -3.04. The summed E-state index contributed by atoms with van der Waals surface area (Å²) in [6.07, 6.45) is 0.0325. The Morgan fingerprint density at radius 3 is 2.83 bits per heavy atom. The lowest BCUT2D eigenvalue weighted by Gasteiger charge is -2.13. The van der Waals surface area contributed by atoms with Crippen molar-refractivity contribution in [2.24, 2.45) is 5.92 Å². The van der Waals surface area contributed by atoms with Crippen LogP contribution in [0.25, 0.3) is 0 Å². The topological polar surface area (TPSA) is 112 Å². The van der Waals surface area contributed by atoms with Gasteiger partial charge in [-0.15, -0.1) is 5.06 Å². The fraction of sp³-hybridized carbons (Fsp3) is 0.300. The highest BCUT2D eigenvalue weighted by Crippen LogP contribution is 2.20. The average Bonchev–Trinajstić information content (AvgIpc) is 2.56. The fourth-order valence-corrected chi connectivity index (χ4v) is 1.56. The quantitative estimate of drug-likeness (QED) is 0.562. The Kier molecular flexibility index (Phi) is 3.13. The first-order chi connectivity index (χ1) is 8.50. The van der Waals surface area contributed by atoms with E-state index in [4.69, 9.17) is 0 Å². The Labute approximate surface area is 101 Å². The summed E-state index contributed by atoms with van der Waals surface area (Å²) in [5.41, 5.74) is -0.503. The van der Waals surface area contributed by atoms with Crippen LogP contribution in [0.3, 0.4) is 0 Å². The maximum absolute atomic E-state index is 11.8. The van der Waals surface area contributed by atoms with Crippen molar-refractivity contribution >= 4 is 17.6 Å². The Hall–Kier alpha value is -2.19. The predicted molar refractivity (Wildman–Crippen MR) is 59.0 cm³/mol. The molecule has 0 aliphatic carbocycles. The second-order valence-electron chi connectivity index (χ2n) is 3.75. The minimum absolute atomic E-state index is 0.00273. The van der Waals surface area contributed by atoms with Crippen molar-refractivity contribution in [3.63, 3.8) is 0 Å². The van der Waals surface area contributed by atoms with Crippen LogP contribution in [0.2, 0.25) is 0 Å². The van der Waals surface area contributed by atoms with Crippen molar-refractivity contribution in [3.05, 3.63) is 28.7 Å². The molecule has 1 amide bonds. The van der Waals surface area contributed by atoms with Gasteiger partial charge in [-0.25, -0.2) is 4.79 Å². The number of carbonyl (C=O) groups is 2. The Balaban J connectivity index is 2.16. The molecule has 1 fully saturated rings. The van der Waals surface area contributed by atoms with E-state index in [0.29, 0.717) is 0 Å².